The lowest BCUT2D eigenvalue weighted by molar-refractivity contribution is 0.687. The van der Waals surface area contributed by atoms with Crippen LogP contribution in [0.4, 0.5) is 0 Å². The van der Waals surface area contributed by atoms with Crippen molar-refractivity contribution in [2.24, 2.45) is 0 Å². The second kappa shape index (κ2) is 6.20. The molecule has 4 heteroatoms. The summed E-state index contributed by atoms with van der Waals surface area (Å²) in [7, 11) is 0. The first-order chi connectivity index (χ1) is 10.2. The van der Waals surface area contributed by atoms with Gasteiger partial charge in [-0.2, -0.15) is 5.10 Å². The van der Waals surface area contributed by atoms with Crippen molar-refractivity contribution in [2.45, 2.75) is 52.1 Å². The van der Waals surface area contributed by atoms with Crippen molar-refractivity contribution < 1.29 is 0 Å². The summed E-state index contributed by atoms with van der Waals surface area (Å²) in [5, 5.41) is 8.94. The first-order valence-electron chi connectivity index (χ1n) is 7.81. The number of hydrogen-bond donors (Lipinski definition) is 1. The Morgan fingerprint density at radius 2 is 2.05 bits per heavy atom. The Morgan fingerprint density at radius 1 is 1.24 bits per heavy atom. The molecule has 2 aromatic rings. The average Bonchev–Trinajstić information content (AvgIpc) is 3.23. The minimum absolute atomic E-state index is 0.716. The van der Waals surface area contributed by atoms with Crippen LogP contribution in [0.5, 0.6) is 0 Å². The number of benzene rings is 1. The predicted octanol–water partition coefficient (Wildman–Crippen LogP) is 3.90. The normalized spacial score (nSPS) is 14.6. The Labute approximate surface area is 131 Å². The zero-order valence-corrected chi connectivity index (χ0v) is 13.5. The van der Waals surface area contributed by atoms with Crippen LogP contribution in [0.2, 0.25) is 5.02 Å². The molecule has 0 bridgehead atoms. The largest absolute Gasteiger partial charge is 0.310 e. The smallest absolute Gasteiger partial charge is 0.0835 e. The van der Waals surface area contributed by atoms with Crippen molar-refractivity contribution >= 4 is 11.6 Å². The van der Waals surface area contributed by atoms with Crippen LogP contribution in [-0.2, 0) is 19.4 Å². The molecule has 3 nitrogen and oxygen atoms in total. The van der Waals surface area contributed by atoms with Gasteiger partial charge in [-0.3, -0.25) is 0 Å². The maximum atomic E-state index is 6.49. The van der Waals surface area contributed by atoms with E-state index < -0.39 is 0 Å². The number of aryl methyl sites for hydroxylation is 2. The number of nitrogens with zero attached hydrogens (tertiary/aromatic N) is 2. The fourth-order valence-corrected chi connectivity index (χ4v) is 2.77. The molecule has 1 heterocycles. The summed E-state index contributed by atoms with van der Waals surface area (Å²) in [5.41, 5.74) is 4.53. The molecule has 1 aromatic heterocycles. The highest BCUT2D eigenvalue weighted by atomic mass is 35.5. The third-order valence-corrected chi connectivity index (χ3v) is 4.27. The van der Waals surface area contributed by atoms with Gasteiger partial charge in [0, 0.05) is 18.3 Å². The number of rotatable bonds is 6. The van der Waals surface area contributed by atoms with E-state index in [4.69, 9.17) is 11.6 Å². The van der Waals surface area contributed by atoms with Gasteiger partial charge in [-0.05, 0) is 49.4 Å². The van der Waals surface area contributed by atoms with Gasteiger partial charge in [-0.1, -0.05) is 31.5 Å². The molecule has 0 unspecified atom stereocenters. The lowest BCUT2D eigenvalue weighted by Gasteiger charge is -2.10. The summed E-state index contributed by atoms with van der Waals surface area (Å²) >= 11 is 6.49. The molecule has 0 spiro atoms. The van der Waals surface area contributed by atoms with Gasteiger partial charge in [-0.15, -0.1) is 0 Å². The Kier molecular flexibility index (Phi) is 4.32. The van der Waals surface area contributed by atoms with E-state index in [1.165, 1.54) is 24.1 Å². The van der Waals surface area contributed by atoms with E-state index in [1.54, 1.807) is 0 Å². The van der Waals surface area contributed by atoms with Crippen LogP contribution in [0.3, 0.4) is 0 Å². The Bertz CT molecular complexity index is 629. The summed E-state index contributed by atoms with van der Waals surface area (Å²) in [6, 6.07) is 9.16. The van der Waals surface area contributed by atoms with Gasteiger partial charge >= 0.3 is 0 Å². The zero-order valence-electron chi connectivity index (χ0n) is 12.7. The molecule has 0 aliphatic heterocycles. The lowest BCUT2D eigenvalue weighted by Crippen LogP contribution is -2.15. The second-order valence-corrected chi connectivity index (χ2v) is 6.09. The van der Waals surface area contributed by atoms with Crippen molar-refractivity contribution in [3.8, 4) is 5.69 Å². The van der Waals surface area contributed by atoms with E-state index in [9.17, 15) is 0 Å². The standard InChI is InChI=1S/C17H22ClN3/c1-3-13-10-15(4-2)21(20-13)17-8-5-12(9-16(17)18)11-19-14-6-7-14/h5,8-10,14,19H,3-4,6-7,11H2,1-2H3. The van der Waals surface area contributed by atoms with Crippen molar-refractivity contribution in [3.63, 3.8) is 0 Å². The van der Waals surface area contributed by atoms with Gasteiger partial charge in [0.25, 0.3) is 0 Å². The quantitative estimate of drug-likeness (QED) is 0.877. The molecule has 21 heavy (non-hydrogen) atoms. The zero-order chi connectivity index (χ0) is 14.8. The van der Waals surface area contributed by atoms with Crippen LogP contribution in [0.1, 0.15) is 43.6 Å². The Hall–Kier alpha value is -1.32. The first kappa shape index (κ1) is 14.6. The Balaban J connectivity index is 1.85. The van der Waals surface area contributed by atoms with Crippen molar-refractivity contribution in [3.05, 3.63) is 46.2 Å². The van der Waals surface area contributed by atoms with Gasteiger partial charge in [-0.25, -0.2) is 4.68 Å². The maximum absolute atomic E-state index is 6.49. The van der Waals surface area contributed by atoms with Gasteiger partial charge < -0.3 is 5.32 Å². The minimum atomic E-state index is 0.716. The van der Waals surface area contributed by atoms with E-state index in [0.29, 0.717) is 6.04 Å². The van der Waals surface area contributed by atoms with Gasteiger partial charge in [0.1, 0.15) is 0 Å². The van der Waals surface area contributed by atoms with Crippen LogP contribution in [0.15, 0.2) is 24.3 Å². The number of nitrogens with one attached hydrogen (secondary N) is 1. The summed E-state index contributed by atoms with van der Waals surface area (Å²) in [6.45, 7) is 5.17. The molecule has 1 N–H and O–H groups in total. The number of aromatic nitrogens is 2. The molecule has 112 valence electrons. The molecular weight excluding hydrogens is 282 g/mol. The van der Waals surface area contributed by atoms with Gasteiger partial charge in [0.15, 0.2) is 0 Å². The SMILES string of the molecule is CCc1cc(CC)n(-c2ccc(CNC3CC3)cc2Cl)n1. The maximum Gasteiger partial charge on any atom is 0.0835 e. The highest BCUT2D eigenvalue weighted by Gasteiger charge is 2.20. The molecule has 0 atom stereocenters. The summed E-state index contributed by atoms with van der Waals surface area (Å²) in [6.07, 6.45) is 4.51. The third kappa shape index (κ3) is 3.30. The fourth-order valence-electron chi connectivity index (χ4n) is 2.49. The summed E-state index contributed by atoms with van der Waals surface area (Å²) in [4.78, 5) is 0. The highest BCUT2D eigenvalue weighted by molar-refractivity contribution is 6.32. The van der Waals surface area contributed by atoms with Crippen LogP contribution >= 0.6 is 11.6 Å². The van der Waals surface area contributed by atoms with E-state index in [1.807, 2.05) is 4.68 Å². The molecular formula is C17H22ClN3. The molecule has 3 rings (SSSR count). The summed E-state index contributed by atoms with van der Waals surface area (Å²) in [5.74, 6) is 0. The molecule has 0 amide bonds. The molecule has 1 aliphatic carbocycles. The van der Waals surface area contributed by atoms with E-state index in [0.717, 1.165) is 35.8 Å². The van der Waals surface area contributed by atoms with Crippen LogP contribution in [0.25, 0.3) is 5.69 Å². The highest BCUT2D eigenvalue weighted by Crippen LogP contribution is 2.25. The van der Waals surface area contributed by atoms with Crippen molar-refractivity contribution in [1.82, 2.24) is 15.1 Å². The average molecular weight is 304 g/mol. The van der Waals surface area contributed by atoms with Crippen LogP contribution < -0.4 is 5.32 Å². The van der Waals surface area contributed by atoms with E-state index in [-0.39, 0.29) is 0 Å². The van der Waals surface area contributed by atoms with Gasteiger partial charge in [0.2, 0.25) is 0 Å². The third-order valence-electron chi connectivity index (χ3n) is 3.97. The second-order valence-electron chi connectivity index (χ2n) is 5.69. The van der Waals surface area contributed by atoms with E-state index in [2.05, 4.69) is 48.5 Å². The van der Waals surface area contributed by atoms with E-state index >= 15 is 0 Å². The van der Waals surface area contributed by atoms with Crippen molar-refractivity contribution in [1.29, 1.82) is 0 Å². The predicted molar refractivity (Wildman–Crippen MR) is 87.2 cm³/mol. The molecule has 1 fully saturated rings. The number of halogens is 1. The first-order valence-corrected chi connectivity index (χ1v) is 8.19. The summed E-state index contributed by atoms with van der Waals surface area (Å²) < 4.78 is 1.99. The molecule has 0 saturated heterocycles. The topological polar surface area (TPSA) is 29.9 Å². The lowest BCUT2D eigenvalue weighted by atomic mass is 10.2. The minimum Gasteiger partial charge on any atom is -0.310 e. The van der Waals surface area contributed by atoms with Crippen molar-refractivity contribution in [2.75, 3.05) is 0 Å². The molecule has 1 saturated carbocycles. The molecule has 0 radical (unpaired) electrons. The van der Waals surface area contributed by atoms with Crippen LogP contribution in [0, 0.1) is 0 Å². The van der Waals surface area contributed by atoms with Crippen LogP contribution in [-0.4, -0.2) is 15.8 Å². The Morgan fingerprint density at radius 3 is 2.67 bits per heavy atom. The van der Waals surface area contributed by atoms with Gasteiger partial charge in [0.05, 0.1) is 16.4 Å². The number of hydrogen-bond acceptors (Lipinski definition) is 2. The fraction of sp³-hybridized carbons (Fsp3) is 0.471. The molecule has 1 aromatic carbocycles. The monoisotopic (exact) mass is 303 g/mol. The molecule has 1 aliphatic rings.